The van der Waals surface area contributed by atoms with Gasteiger partial charge in [0.2, 0.25) is 5.95 Å². The van der Waals surface area contributed by atoms with E-state index >= 15 is 0 Å². The van der Waals surface area contributed by atoms with E-state index in [9.17, 15) is 24.9 Å². The van der Waals surface area contributed by atoms with Crippen LogP contribution in [0.15, 0.2) is 59.7 Å². The highest BCUT2D eigenvalue weighted by atomic mass is 16.4. The van der Waals surface area contributed by atoms with Gasteiger partial charge in [-0.15, -0.1) is 0 Å². The van der Waals surface area contributed by atoms with Crippen LogP contribution in [-0.2, 0) is 0 Å². The number of aromatic hydroxyl groups is 1. The molecule has 1 aliphatic rings. The average Bonchev–Trinajstić information content (AvgIpc) is 3.34. The molecule has 2 aromatic carbocycles. The Hall–Kier alpha value is -4.22. The van der Waals surface area contributed by atoms with Crippen LogP contribution in [0.5, 0.6) is 5.75 Å². The maximum Gasteiger partial charge on any atom is 0.339 e. The summed E-state index contributed by atoms with van der Waals surface area (Å²) in [5.74, 6) is -1.66. The third-order valence-electron chi connectivity index (χ3n) is 5.95. The number of aromatic carboxylic acids is 1. The molecule has 1 saturated carbocycles. The first kappa shape index (κ1) is 23.0. The Morgan fingerprint density at radius 2 is 2.00 bits per heavy atom. The molecule has 0 amide bonds. The number of hydrogen-bond donors (Lipinski definition) is 6. The second-order valence-electron chi connectivity index (χ2n) is 7.95. The molecule has 34 heavy (non-hydrogen) atoms. The summed E-state index contributed by atoms with van der Waals surface area (Å²) in [6, 6.07) is 9.92. The molecular weight excluding hydrogens is 442 g/mol. The largest absolute Gasteiger partial charge is 0.506 e. The van der Waals surface area contributed by atoms with Crippen molar-refractivity contribution in [2.45, 2.75) is 18.6 Å². The van der Waals surface area contributed by atoms with E-state index in [0.29, 0.717) is 23.0 Å². The lowest BCUT2D eigenvalue weighted by atomic mass is 10.0. The van der Waals surface area contributed by atoms with Crippen molar-refractivity contribution in [1.29, 1.82) is 0 Å². The second kappa shape index (κ2) is 8.96. The van der Waals surface area contributed by atoms with Crippen LogP contribution in [0.25, 0.3) is 21.9 Å². The Labute approximate surface area is 192 Å². The summed E-state index contributed by atoms with van der Waals surface area (Å²) < 4.78 is 1.67. The summed E-state index contributed by atoms with van der Waals surface area (Å²) in [5, 5.41) is 39.0. The minimum atomic E-state index is -1.12. The Balaban J connectivity index is 0.000000172. The number of fused-ring (bicyclic) bond motifs is 2. The van der Waals surface area contributed by atoms with E-state index in [2.05, 4.69) is 21.5 Å². The monoisotopic (exact) mass is 465 g/mol. The maximum atomic E-state index is 11.7. The lowest BCUT2D eigenvalue weighted by Gasteiger charge is -2.15. The Morgan fingerprint density at radius 1 is 1.26 bits per heavy atom. The number of aromatic amines is 1. The number of phenols is 1. The van der Waals surface area contributed by atoms with E-state index in [0.717, 1.165) is 5.39 Å². The second-order valence-corrected chi connectivity index (χ2v) is 7.95. The first-order valence-electron chi connectivity index (χ1n) is 10.4. The molecule has 11 nitrogen and oxygen atoms in total. The number of aliphatic hydroxyl groups excluding tert-OH is 2. The fourth-order valence-electron chi connectivity index (χ4n) is 4.17. The molecule has 2 aromatic heterocycles. The molecule has 7 N–H and O–H groups in total. The van der Waals surface area contributed by atoms with Gasteiger partial charge in [0.25, 0.3) is 5.56 Å². The molecule has 5 rings (SSSR count). The number of imidazole rings is 1. The summed E-state index contributed by atoms with van der Waals surface area (Å²) >= 11 is 0. The first-order chi connectivity index (χ1) is 16.2. The van der Waals surface area contributed by atoms with Gasteiger partial charge in [0, 0.05) is 11.3 Å². The summed E-state index contributed by atoms with van der Waals surface area (Å²) in [6.45, 7) is 3.76. The molecule has 0 spiro atoms. The third kappa shape index (κ3) is 3.98. The molecule has 176 valence electrons. The van der Waals surface area contributed by atoms with Gasteiger partial charge in [-0.25, -0.2) is 9.78 Å². The molecule has 0 bridgehead atoms. The van der Waals surface area contributed by atoms with Crippen LogP contribution in [-0.4, -0.2) is 58.6 Å². The maximum absolute atomic E-state index is 11.7. The molecule has 0 radical (unpaired) electrons. The number of benzene rings is 2. The zero-order chi connectivity index (χ0) is 24.6. The van der Waals surface area contributed by atoms with E-state index in [1.807, 2.05) is 12.1 Å². The highest BCUT2D eigenvalue weighted by Crippen LogP contribution is 2.39. The topological polar surface area (TPSA) is 188 Å². The Morgan fingerprint density at radius 3 is 2.68 bits per heavy atom. The molecule has 0 aliphatic heterocycles. The van der Waals surface area contributed by atoms with Crippen LogP contribution in [0.2, 0.25) is 0 Å². The van der Waals surface area contributed by atoms with Gasteiger partial charge >= 0.3 is 5.97 Å². The normalized spacial score (nSPS) is 19.8. The molecule has 4 aromatic rings. The zero-order valence-electron chi connectivity index (χ0n) is 17.9. The summed E-state index contributed by atoms with van der Waals surface area (Å²) in [4.78, 5) is 32.9. The molecule has 1 aliphatic carbocycles. The number of carboxylic acid groups (broad SMARTS) is 1. The number of nitrogens with two attached hydrogens (primary N) is 1. The highest BCUT2D eigenvalue weighted by molar-refractivity contribution is 6.00. The van der Waals surface area contributed by atoms with E-state index in [1.165, 1.54) is 12.4 Å². The van der Waals surface area contributed by atoms with Gasteiger partial charge in [0.1, 0.15) is 11.3 Å². The predicted octanol–water partition coefficient (Wildman–Crippen LogP) is 1.42. The van der Waals surface area contributed by atoms with Crippen molar-refractivity contribution >= 4 is 33.9 Å². The fourth-order valence-corrected chi connectivity index (χ4v) is 4.17. The number of anilines is 1. The van der Waals surface area contributed by atoms with Crippen molar-refractivity contribution in [3.8, 4) is 5.75 Å². The molecule has 3 atom stereocenters. The number of carboxylic acids is 1. The number of carbonyl (C=O) groups is 1. The highest BCUT2D eigenvalue weighted by Gasteiger charge is 2.37. The van der Waals surface area contributed by atoms with Crippen LogP contribution in [0.4, 0.5) is 5.95 Å². The lowest BCUT2D eigenvalue weighted by Crippen LogP contribution is -2.17. The lowest BCUT2D eigenvalue weighted by molar-refractivity contribution is 0.0694. The molecule has 0 unspecified atom stereocenters. The van der Waals surface area contributed by atoms with Crippen molar-refractivity contribution in [3.63, 3.8) is 0 Å². The average molecular weight is 465 g/mol. The van der Waals surface area contributed by atoms with Gasteiger partial charge in [0.05, 0.1) is 25.1 Å². The van der Waals surface area contributed by atoms with Crippen LogP contribution < -0.4 is 11.3 Å². The number of H-pyrrole nitrogens is 1. The molecule has 11 heteroatoms. The number of aliphatic hydroxyl groups is 2. The van der Waals surface area contributed by atoms with Gasteiger partial charge in [-0.2, -0.15) is 4.98 Å². The molecule has 2 heterocycles. The van der Waals surface area contributed by atoms with Gasteiger partial charge in [-0.1, -0.05) is 36.9 Å². The minimum Gasteiger partial charge on any atom is -0.506 e. The Bertz CT molecular complexity index is 1460. The van der Waals surface area contributed by atoms with Gasteiger partial charge in [0.15, 0.2) is 11.2 Å². The predicted molar refractivity (Wildman–Crippen MR) is 125 cm³/mol. The van der Waals surface area contributed by atoms with E-state index in [-0.39, 0.29) is 41.3 Å². The number of nitrogens with zero attached hydrogens (tertiary/aromatic N) is 3. The molecule has 1 fully saturated rings. The van der Waals surface area contributed by atoms with Gasteiger partial charge in [-0.05, 0) is 23.4 Å². The first-order valence-corrected chi connectivity index (χ1v) is 10.4. The molecular formula is C23H23N5O6. The minimum absolute atomic E-state index is 0.00659. The standard InChI is InChI=1S/C12H15N5O3.C11H8O3/c1-5-6(3-18)8(19)2-7(5)17-4-14-9-10(17)15-12(13)16-11(9)20;12-10-8-4-2-1-3-7(8)5-6-9(10)11(13)14/h4,6-8,18-19H,1-3H2,(H3,13,15,16,20);1-6,12H,(H,13,14)/t6-,7-,8-;/m0./s1. The Kier molecular flexibility index (Phi) is 6.05. The summed E-state index contributed by atoms with van der Waals surface area (Å²) in [5.41, 5.74) is 6.31. The summed E-state index contributed by atoms with van der Waals surface area (Å²) in [7, 11) is 0. The quantitative estimate of drug-likeness (QED) is 0.243. The van der Waals surface area contributed by atoms with E-state index in [1.54, 1.807) is 22.8 Å². The number of hydrogen-bond acceptors (Lipinski definition) is 8. The van der Waals surface area contributed by atoms with Crippen molar-refractivity contribution in [2.75, 3.05) is 12.3 Å². The third-order valence-corrected chi connectivity index (χ3v) is 5.95. The van der Waals surface area contributed by atoms with Crippen LogP contribution in [0.1, 0.15) is 22.8 Å². The SMILES string of the molecule is C=C1[C@H](CO)[C@@H](O)C[C@@H]1n1cnc2c(=O)[nH]c(N)nc21.O=C(O)c1ccc2ccccc2c1O. The van der Waals surface area contributed by atoms with Gasteiger partial charge < -0.3 is 30.7 Å². The fraction of sp³-hybridized carbons (Fsp3) is 0.217. The van der Waals surface area contributed by atoms with Crippen LogP contribution in [0.3, 0.4) is 0 Å². The number of rotatable bonds is 3. The summed E-state index contributed by atoms with van der Waals surface area (Å²) in [6.07, 6.45) is 1.20. The zero-order valence-corrected chi connectivity index (χ0v) is 17.9. The smallest absolute Gasteiger partial charge is 0.339 e. The molecule has 0 saturated heterocycles. The van der Waals surface area contributed by atoms with Crippen molar-refractivity contribution in [2.24, 2.45) is 5.92 Å². The van der Waals surface area contributed by atoms with Crippen molar-refractivity contribution < 1.29 is 25.2 Å². The number of nitrogens with one attached hydrogen (secondary N) is 1. The number of aromatic nitrogens is 4. The van der Waals surface area contributed by atoms with E-state index in [4.69, 9.17) is 10.8 Å². The van der Waals surface area contributed by atoms with Crippen LogP contribution >= 0.6 is 0 Å². The van der Waals surface area contributed by atoms with Crippen molar-refractivity contribution in [3.05, 3.63) is 70.8 Å². The number of nitrogen functional groups attached to an aromatic ring is 1. The van der Waals surface area contributed by atoms with Gasteiger partial charge in [-0.3, -0.25) is 9.78 Å². The van der Waals surface area contributed by atoms with Crippen LogP contribution in [0, 0.1) is 5.92 Å². The van der Waals surface area contributed by atoms with E-state index < -0.39 is 17.6 Å². The van der Waals surface area contributed by atoms with Crippen molar-refractivity contribution in [1.82, 2.24) is 19.5 Å².